The molecule has 2 fully saturated rings. The number of carbonyl (C=O) groups excluding carboxylic acids is 3. The summed E-state index contributed by atoms with van der Waals surface area (Å²) in [6.07, 6.45) is 3.55. The van der Waals surface area contributed by atoms with Crippen molar-refractivity contribution in [1.82, 2.24) is 4.90 Å². The van der Waals surface area contributed by atoms with Gasteiger partial charge in [-0.2, -0.15) is 13.5 Å². The molecule has 1 saturated carbocycles. The zero-order valence-corrected chi connectivity index (χ0v) is 20.9. The van der Waals surface area contributed by atoms with E-state index >= 15 is 0 Å². The summed E-state index contributed by atoms with van der Waals surface area (Å²) in [6, 6.07) is 9.28. The van der Waals surface area contributed by atoms with Gasteiger partial charge in [0.2, 0.25) is 17.7 Å². The van der Waals surface area contributed by atoms with E-state index in [9.17, 15) is 14.4 Å². The molecule has 7 nitrogen and oxygen atoms in total. The number of hydrogen-bond donors (Lipinski definition) is 2. The number of benzene rings is 1. The van der Waals surface area contributed by atoms with Crippen molar-refractivity contribution in [3.05, 3.63) is 35.9 Å². The quantitative estimate of drug-likeness (QED) is 0.339. The van der Waals surface area contributed by atoms with Crippen LogP contribution in [0.5, 0.6) is 0 Å². The molecule has 0 unspecified atom stereocenters. The summed E-state index contributed by atoms with van der Waals surface area (Å²) in [5, 5.41) is 0. The predicted molar refractivity (Wildman–Crippen MR) is 115 cm³/mol. The number of hydrogen-bond acceptors (Lipinski definition) is 4. The maximum absolute atomic E-state index is 12.8. The van der Waals surface area contributed by atoms with Gasteiger partial charge in [0.25, 0.3) is 0 Å². The van der Waals surface area contributed by atoms with Crippen molar-refractivity contribution in [1.29, 1.82) is 0 Å². The average molecular weight is 602 g/mol. The van der Waals surface area contributed by atoms with Crippen LogP contribution in [0.3, 0.4) is 0 Å². The second-order valence-electron chi connectivity index (χ2n) is 7.63. The third kappa shape index (κ3) is 6.59. The van der Waals surface area contributed by atoms with Gasteiger partial charge in [-0.3, -0.25) is 14.4 Å². The third-order valence-electron chi connectivity index (χ3n) is 5.77. The topological polar surface area (TPSA) is 116 Å². The molecule has 1 saturated heterocycles. The van der Waals surface area contributed by atoms with Crippen LogP contribution in [0.2, 0.25) is 0 Å². The summed E-state index contributed by atoms with van der Waals surface area (Å²) < 4.78 is 5.99. The zero-order chi connectivity index (χ0) is 19.4. The maximum Gasteiger partial charge on any atom is 0.240 e. The van der Waals surface area contributed by atoms with Gasteiger partial charge >= 0.3 is 0 Å². The minimum atomic E-state index is -0.748. The van der Waals surface area contributed by atoms with Crippen LogP contribution in [0.1, 0.15) is 44.1 Å². The first-order valence-corrected chi connectivity index (χ1v) is 9.45. The molecule has 163 valence electrons. The molecule has 1 heterocycles. The largest absolute Gasteiger partial charge is 0.374 e. The molecule has 1 aliphatic carbocycles. The van der Waals surface area contributed by atoms with Gasteiger partial charge in [0.15, 0.2) is 0 Å². The van der Waals surface area contributed by atoms with E-state index in [-0.39, 0.29) is 67.8 Å². The zero-order valence-electron chi connectivity index (χ0n) is 16.9. The Kier molecular flexibility index (Phi) is 12.0. The first kappa shape index (κ1) is 28.7. The van der Waals surface area contributed by atoms with Gasteiger partial charge in [-0.1, -0.05) is 30.3 Å². The van der Waals surface area contributed by atoms with Gasteiger partial charge in [-0.15, -0.1) is 0 Å². The standard InChI is InChI=1S/C20H27N3O4.B.H2S.W/c21-17(24)7-6-16(18(22)25)23-13-20(19(23)26)10-8-15(9-11-20)27-12-14-4-2-1-3-5-14;;;/h1-5,15-16H,6-13H2,(H2,21,24)(H2,22,25);;1H2;/t15?,16-,20?;;;/m0.../s1. The van der Waals surface area contributed by atoms with Crippen LogP contribution in [-0.4, -0.2) is 49.7 Å². The number of primary amides is 2. The molecule has 4 N–H and O–H groups in total. The number of rotatable bonds is 8. The van der Waals surface area contributed by atoms with Crippen molar-refractivity contribution in [3.8, 4) is 0 Å². The number of likely N-dealkylation sites (tertiary alicyclic amines) is 1. The Morgan fingerprint density at radius 1 is 1.17 bits per heavy atom. The van der Waals surface area contributed by atoms with E-state index in [1.807, 2.05) is 30.3 Å². The Morgan fingerprint density at radius 2 is 1.77 bits per heavy atom. The van der Waals surface area contributed by atoms with Crippen LogP contribution < -0.4 is 11.5 Å². The number of nitrogens with zero attached hydrogens (tertiary/aromatic N) is 1. The van der Waals surface area contributed by atoms with Gasteiger partial charge in [0, 0.05) is 42.4 Å². The summed E-state index contributed by atoms with van der Waals surface area (Å²) >= 11 is 0. The van der Waals surface area contributed by atoms with Crippen molar-refractivity contribution in [2.24, 2.45) is 16.9 Å². The minimum absolute atomic E-state index is 0. The van der Waals surface area contributed by atoms with E-state index in [0.29, 0.717) is 13.2 Å². The summed E-state index contributed by atoms with van der Waals surface area (Å²) in [5.41, 5.74) is 11.3. The number of ether oxygens (including phenoxy) is 1. The van der Waals surface area contributed by atoms with Crippen LogP contribution in [0.25, 0.3) is 0 Å². The normalized spacial score (nSPS) is 23.3. The molecule has 0 bridgehead atoms. The molecular formula is C20H29BN3O4SW. The van der Waals surface area contributed by atoms with E-state index in [4.69, 9.17) is 16.2 Å². The number of carbonyl (C=O) groups is 3. The van der Waals surface area contributed by atoms with Crippen LogP contribution in [0.15, 0.2) is 30.3 Å². The third-order valence-corrected chi connectivity index (χ3v) is 5.77. The molecule has 1 aliphatic heterocycles. The fourth-order valence-electron chi connectivity index (χ4n) is 4.13. The smallest absolute Gasteiger partial charge is 0.240 e. The van der Waals surface area contributed by atoms with E-state index in [1.54, 1.807) is 0 Å². The molecule has 2 aliphatic rings. The summed E-state index contributed by atoms with van der Waals surface area (Å²) in [6.45, 7) is 1.10. The molecule has 1 atom stereocenters. The summed E-state index contributed by atoms with van der Waals surface area (Å²) in [4.78, 5) is 37.0. The van der Waals surface area contributed by atoms with Crippen LogP contribution in [0, 0.1) is 5.41 Å². The molecule has 3 amide bonds. The van der Waals surface area contributed by atoms with Gasteiger partial charge < -0.3 is 21.1 Å². The molecule has 1 aromatic rings. The molecule has 1 aromatic carbocycles. The van der Waals surface area contributed by atoms with E-state index in [2.05, 4.69) is 0 Å². The molecule has 3 rings (SSSR count). The Balaban J connectivity index is 0.00000280. The van der Waals surface area contributed by atoms with Crippen molar-refractivity contribution < 1.29 is 40.2 Å². The Hall–Kier alpha value is -1.31. The SMILES string of the molecule is NC(=O)CC[C@@H](C(N)=O)N1CC2(CCC(OCc3ccccc3)CC2)C1=O.S.[B].[W]. The first-order valence-electron chi connectivity index (χ1n) is 9.45. The number of amides is 3. The van der Waals surface area contributed by atoms with Crippen LogP contribution in [0.4, 0.5) is 0 Å². The van der Waals surface area contributed by atoms with Gasteiger partial charge in [0.1, 0.15) is 6.04 Å². The first-order chi connectivity index (χ1) is 12.9. The Bertz CT molecular complexity index is 717. The van der Waals surface area contributed by atoms with Crippen molar-refractivity contribution in [2.75, 3.05) is 6.54 Å². The molecule has 10 heteroatoms. The second-order valence-corrected chi connectivity index (χ2v) is 7.63. The van der Waals surface area contributed by atoms with Gasteiger partial charge in [-0.25, -0.2) is 0 Å². The fraction of sp³-hybridized carbons (Fsp3) is 0.550. The van der Waals surface area contributed by atoms with Gasteiger partial charge in [0.05, 0.1) is 18.1 Å². The number of nitrogens with two attached hydrogens (primary N) is 2. The molecule has 30 heavy (non-hydrogen) atoms. The monoisotopic (exact) mass is 602 g/mol. The van der Waals surface area contributed by atoms with E-state index in [1.165, 1.54) is 4.90 Å². The van der Waals surface area contributed by atoms with Crippen molar-refractivity contribution >= 4 is 39.6 Å². The van der Waals surface area contributed by atoms with E-state index < -0.39 is 23.3 Å². The molecule has 0 aromatic heterocycles. The Labute approximate surface area is 200 Å². The van der Waals surface area contributed by atoms with Gasteiger partial charge in [-0.05, 0) is 37.7 Å². The predicted octanol–water partition coefficient (Wildman–Crippen LogP) is 0.823. The summed E-state index contributed by atoms with van der Waals surface area (Å²) in [5.74, 6) is -1.11. The number of β-lactam (4-membered cyclic amide) rings is 1. The van der Waals surface area contributed by atoms with E-state index in [0.717, 1.165) is 31.2 Å². The van der Waals surface area contributed by atoms with Crippen LogP contribution in [-0.2, 0) is 46.8 Å². The molecule has 3 radical (unpaired) electrons. The maximum atomic E-state index is 12.8. The van der Waals surface area contributed by atoms with Crippen molar-refractivity contribution in [3.63, 3.8) is 0 Å². The summed E-state index contributed by atoms with van der Waals surface area (Å²) in [7, 11) is 0. The average Bonchev–Trinajstić information content (AvgIpc) is 2.66. The van der Waals surface area contributed by atoms with Crippen molar-refractivity contribution in [2.45, 2.75) is 57.3 Å². The fourth-order valence-corrected chi connectivity index (χ4v) is 4.13. The van der Waals surface area contributed by atoms with Crippen LogP contribution >= 0.6 is 13.5 Å². The minimum Gasteiger partial charge on any atom is -0.374 e. The molecule has 1 spiro atoms. The second kappa shape index (κ2) is 12.5. The molecular weight excluding hydrogens is 573 g/mol. The Morgan fingerprint density at radius 3 is 2.27 bits per heavy atom.